The predicted octanol–water partition coefficient (Wildman–Crippen LogP) is 3.82. The van der Waals surface area contributed by atoms with E-state index >= 15 is 0 Å². The summed E-state index contributed by atoms with van der Waals surface area (Å²) in [6.07, 6.45) is 11.6. The Morgan fingerprint density at radius 2 is 1.94 bits per heavy atom. The molecule has 1 nitrogen and oxygen atoms in total. The summed E-state index contributed by atoms with van der Waals surface area (Å²) >= 11 is 0. The normalized spacial score (nSPS) is 43.9. The molecule has 0 radical (unpaired) electrons. The third-order valence-corrected chi connectivity index (χ3v) is 5.52. The van der Waals surface area contributed by atoms with Crippen molar-refractivity contribution in [3.8, 4) is 0 Å². The molecule has 3 aliphatic rings. The van der Waals surface area contributed by atoms with Crippen molar-refractivity contribution in [2.24, 2.45) is 11.3 Å². The van der Waals surface area contributed by atoms with Crippen LogP contribution in [0.15, 0.2) is 11.1 Å². The number of hydrogen-bond acceptors (Lipinski definition) is 1. The Morgan fingerprint density at radius 1 is 1.12 bits per heavy atom. The monoisotopic (exact) mass is 220 g/mol. The minimum atomic E-state index is -0.0104. The highest BCUT2D eigenvalue weighted by Crippen LogP contribution is 2.56. The SMILES string of the molecule is C[C@]12CC[C@@H](O)C[C@H]1CCC1=C2CCCC1. The quantitative estimate of drug-likeness (QED) is 0.615. The third kappa shape index (κ3) is 1.55. The number of aliphatic hydroxyl groups excluding tert-OH is 1. The first-order valence-electron chi connectivity index (χ1n) is 7.09. The molecule has 1 heteroatoms. The number of aliphatic hydroxyl groups is 1. The molecule has 0 aromatic carbocycles. The Balaban J connectivity index is 1.93. The summed E-state index contributed by atoms with van der Waals surface area (Å²) in [5.41, 5.74) is 4.09. The predicted molar refractivity (Wildman–Crippen MR) is 66.2 cm³/mol. The van der Waals surface area contributed by atoms with Crippen molar-refractivity contribution >= 4 is 0 Å². The molecular formula is C15H24O. The Labute approximate surface area is 98.9 Å². The third-order valence-electron chi connectivity index (χ3n) is 5.52. The highest BCUT2D eigenvalue weighted by molar-refractivity contribution is 5.28. The standard InChI is InChI=1S/C15H24O/c1-15-9-8-13(16)10-12(15)7-6-11-4-2-3-5-14(11)15/h12-13,16H,2-10H2,1H3/t12-,13-,15+/m1/s1. The average molecular weight is 220 g/mol. The molecule has 3 atom stereocenters. The van der Waals surface area contributed by atoms with Gasteiger partial charge < -0.3 is 5.11 Å². The van der Waals surface area contributed by atoms with Crippen LogP contribution in [0.5, 0.6) is 0 Å². The fourth-order valence-corrected chi connectivity index (χ4v) is 4.49. The second-order valence-electron chi connectivity index (χ2n) is 6.37. The highest BCUT2D eigenvalue weighted by atomic mass is 16.3. The molecule has 0 unspecified atom stereocenters. The van der Waals surface area contributed by atoms with Crippen LogP contribution >= 0.6 is 0 Å². The van der Waals surface area contributed by atoms with E-state index in [4.69, 9.17) is 0 Å². The lowest BCUT2D eigenvalue weighted by Crippen LogP contribution is -2.41. The number of rotatable bonds is 0. The number of allylic oxidation sites excluding steroid dienone is 2. The maximum atomic E-state index is 9.84. The van der Waals surface area contributed by atoms with Gasteiger partial charge >= 0.3 is 0 Å². The van der Waals surface area contributed by atoms with E-state index in [1.165, 1.54) is 44.9 Å². The minimum absolute atomic E-state index is 0.0104. The van der Waals surface area contributed by atoms with Crippen LogP contribution < -0.4 is 0 Å². The van der Waals surface area contributed by atoms with Crippen molar-refractivity contribution in [1.82, 2.24) is 0 Å². The topological polar surface area (TPSA) is 20.2 Å². The molecule has 1 saturated carbocycles. The van der Waals surface area contributed by atoms with Gasteiger partial charge in [0.2, 0.25) is 0 Å². The average Bonchev–Trinajstić information content (AvgIpc) is 2.31. The van der Waals surface area contributed by atoms with E-state index < -0.39 is 0 Å². The van der Waals surface area contributed by atoms with Gasteiger partial charge in [0.1, 0.15) is 0 Å². The first-order valence-corrected chi connectivity index (χ1v) is 7.09. The lowest BCUT2D eigenvalue weighted by Gasteiger charge is -2.50. The molecule has 0 spiro atoms. The molecule has 0 bridgehead atoms. The molecule has 90 valence electrons. The summed E-state index contributed by atoms with van der Waals surface area (Å²) < 4.78 is 0. The van der Waals surface area contributed by atoms with Gasteiger partial charge in [0.05, 0.1) is 6.10 Å². The summed E-state index contributed by atoms with van der Waals surface area (Å²) in [6.45, 7) is 2.49. The lowest BCUT2D eigenvalue weighted by atomic mass is 9.55. The zero-order valence-corrected chi connectivity index (χ0v) is 10.5. The van der Waals surface area contributed by atoms with Gasteiger partial charge in [-0.15, -0.1) is 0 Å². The van der Waals surface area contributed by atoms with E-state index in [-0.39, 0.29) is 6.10 Å². The summed E-state index contributed by atoms with van der Waals surface area (Å²) in [6, 6.07) is 0. The zero-order chi connectivity index (χ0) is 11.2. The number of hydrogen-bond donors (Lipinski definition) is 1. The van der Waals surface area contributed by atoms with Crippen LogP contribution in [-0.2, 0) is 0 Å². The summed E-state index contributed by atoms with van der Waals surface area (Å²) in [5.74, 6) is 0.771. The molecule has 0 aliphatic heterocycles. The van der Waals surface area contributed by atoms with E-state index in [0.29, 0.717) is 5.41 Å². The minimum Gasteiger partial charge on any atom is -0.393 e. The molecule has 3 aliphatic carbocycles. The fourth-order valence-electron chi connectivity index (χ4n) is 4.49. The molecule has 0 aromatic heterocycles. The molecule has 1 fully saturated rings. The van der Waals surface area contributed by atoms with Gasteiger partial charge in [-0.3, -0.25) is 0 Å². The van der Waals surface area contributed by atoms with Gasteiger partial charge in [-0.2, -0.15) is 0 Å². The zero-order valence-electron chi connectivity index (χ0n) is 10.5. The molecular weight excluding hydrogens is 196 g/mol. The van der Waals surface area contributed by atoms with Crippen LogP contribution in [0.1, 0.15) is 64.7 Å². The van der Waals surface area contributed by atoms with E-state index in [0.717, 1.165) is 18.8 Å². The molecule has 0 aromatic rings. The maximum Gasteiger partial charge on any atom is 0.0543 e. The second kappa shape index (κ2) is 3.87. The maximum absolute atomic E-state index is 9.84. The van der Waals surface area contributed by atoms with E-state index in [2.05, 4.69) is 6.92 Å². The summed E-state index contributed by atoms with van der Waals surface area (Å²) in [5, 5.41) is 9.84. The van der Waals surface area contributed by atoms with Gasteiger partial charge in [0, 0.05) is 0 Å². The smallest absolute Gasteiger partial charge is 0.0543 e. The van der Waals surface area contributed by atoms with Crippen molar-refractivity contribution in [1.29, 1.82) is 0 Å². The van der Waals surface area contributed by atoms with Gasteiger partial charge in [-0.05, 0) is 69.1 Å². The summed E-state index contributed by atoms with van der Waals surface area (Å²) in [4.78, 5) is 0. The second-order valence-corrected chi connectivity index (χ2v) is 6.37. The van der Waals surface area contributed by atoms with Crippen LogP contribution in [0.25, 0.3) is 0 Å². The molecule has 0 saturated heterocycles. The van der Waals surface area contributed by atoms with Crippen LogP contribution in [0, 0.1) is 11.3 Å². The molecule has 1 N–H and O–H groups in total. The van der Waals surface area contributed by atoms with Crippen molar-refractivity contribution in [2.75, 3.05) is 0 Å². The van der Waals surface area contributed by atoms with Crippen LogP contribution in [-0.4, -0.2) is 11.2 Å². The summed E-state index contributed by atoms with van der Waals surface area (Å²) in [7, 11) is 0. The van der Waals surface area contributed by atoms with Crippen LogP contribution in [0.2, 0.25) is 0 Å². The van der Waals surface area contributed by atoms with Gasteiger partial charge in [-0.25, -0.2) is 0 Å². The first kappa shape index (κ1) is 10.8. The van der Waals surface area contributed by atoms with E-state index in [9.17, 15) is 5.11 Å². The largest absolute Gasteiger partial charge is 0.393 e. The van der Waals surface area contributed by atoms with E-state index in [1.807, 2.05) is 5.57 Å². The molecule has 0 amide bonds. The van der Waals surface area contributed by atoms with Gasteiger partial charge in [-0.1, -0.05) is 18.1 Å². The first-order chi connectivity index (χ1) is 7.70. The Morgan fingerprint density at radius 3 is 2.81 bits per heavy atom. The van der Waals surface area contributed by atoms with Gasteiger partial charge in [0.25, 0.3) is 0 Å². The Kier molecular flexibility index (Phi) is 2.62. The lowest BCUT2D eigenvalue weighted by molar-refractivity contribution is 0.0248. The van der Waals surface area contributed by atoms with Crippen LogP contribution in [0.4, 0.5) is 0 Å². The molecule has 0 heterocycles. The highest BCUT2D eigenvalue weighted by Gasteiger charge is 2.45. The van der Waals surface area contributed by atoms with Crippen LogP contribution in [0.3, 0.4) is 0 Å². The number of fused-ring (bicyclic) bond motifs is 2. The Bertz CT molecular complexity index is 317. The molecule has 3 rings (SSSR count). The molecule has 16 heavy (non-hydrogen) atoms. The van der Waals surface area contributed by atoms with E-state index in [1.54, 1.807) is 5.57 Å². The van der Waals surface area contributed by atoms with Crippen molar-refractivity contribution in [3.63, 3.8) is 0 Å². The van der Waals surface area contributed by atoms with Crippen molar-refractivity contribution in [3.05, 3.63) is 11.1 Å². The fraction of sp³-hybridized carbons (Fsp3) is 0.867. The van der Waals surface area contributed by atoms with Crippen molar-refractivity contribution in [2.45, 2.75) is 70.8 Å². The Hall–Kier alpha value is -0.300. The van der Waals surface area contributed by atoms with Gasteiger partial charge in [0.15, 0.2) is 0 Å². The van der Waals surface area contributed by atoms with Crippen molar-refractivity contribution < 1.29 is 5.11 Å².